The molecule has 4 nitrogen and oxygen atoms in total. The summed E-state index contributed by atoms with van der Waals surface area (Å²) >= 11 is 0. The van der Waals surface area contributed by atoms with Crippen molar-refractivity contribution in [3.63, 3.8) is 0 Å². The Bertz CT molecular complexity index is 990. The first kappa shape index (κ1) is 15.0. The van der Waals surface area contributed by atoms with Crippen LogP contribution in [0.15, 0.2) is 35.0 Å². The summed E-state index contributed by atoms with van der Waals surface area (Å²) in [7, 11) is 4.18. The predicted molar refractivity (Wildman–Crippen MR) is 97.7 cm³/mol. The van der Waals surface area contributed by atoms with Crippen LogP contribution in [0.3, 0.4) is 0 Å². The molecule has 3 aromatic heterocycles. The molecule has 24 heavy (non-hydrogen) atoms. The molecule has 4 heterocycles. The molecule has 0 spiro atoms. The molecule has 3 aromatic rings. The summed E-state index contributed by atoms with van der Waals surface area (Å²) < 4.78 is 8.41. The van der Waals surface area contributed by atoms with E-state index >= 15 is 0 Å². The first-order chi connectivity index (χ1) is 11.5. The average Bonchev–Trinajstić information content (AvgIpc) is 2.88. The van der Waals surface area contributed by atoms with Crippen molar-refractivity contribution >= 4 is 35.3 Å². The molecule has 0 bridgehead atoms. The number of aromatic nitrogens is 2. The van der Waals surface area contributed by atoms with E-state index < -0.39 is 0 Å². The zero-order chi connectivity index (χ0) is 17.0. The third kappa shape index (κ3) is 2.15. The molecule has 0 unspecified atom stereocenters. The summed E-state index contributed by atoms with van der Waals surface area (Å²) in [5.41, 5.74) is 7.58. The Morgan fingerprint density at radius 1 is 1.17 bits per heavy atom. The van der Waals surface area contributed by atoms with E-state index in [1.54, 1.807) is 0 Å². The summed E-state index contributed by atoms with van der Waals surface area (Å²) in [6.45, 7) is 6.33. The fraction of sp³-hybridized carbons (Fsp3) is 0.263. The Morgan fingerprint density at radius 2 is 1.96 bits per heavy atom. The minimum atomic E-state index is 0.0452. The Balaban J connectivity index is 1.97. The van der Waals surface area contributed by atoms with Gasteiger partial charge in [-0.15, -0.1) is 0 Å². The monoisotopic (exact) mass is 318 g/mol. The molecule has 0 saturated carbocycles. The molecule has 0 amide bonds. The Hall–Kier alpha value is -2.56. The number of hydrogen-bond donors (Lipinski definition) is 0. The molecule has 0 saturated heterocycles. The smallest absolute Gasteiger partial charge is 0.443 e. The van der Waals surface area contributed by atoms with Gasteiger partial charge in [-0.05, 0) is 57.8 Å². The molecule has 0 fully saturated rings. The van der Waals surface area contributed by atoms with Gasteiger partial charge in [0.05, 0.1) is 0 Å². The van der Waals surface area contributed by atoms with Crippen molar-refractivity contribution in [2.24, 2.45) is 7.05 Å². The summed E-state index contributed by atoms with van der Waals surface area (Å²) in [5, 5.41) is 1.08. The largest absolute Gasteiger partial charge is 0.449 e. The van der Waals surface area contributed by atoms with E-state index in [9.17, 15) is 0 Å². The maximum atomic E-state index is 6.22. The molecular weight excluding hydrogens is 297 g/mol. The van der Waals surface area contributed by atoms with Crippen LogP contribution in [0, 0.1) is 20.8 Å². The molecule has 1 aliphatic rings. The standard InChI is InChI=1S/C19H21BN3O/c1-12-10-17(22(4)11-13(12)2)20-18-15(8-9-23(20)5)16-7-6-14(3)21-19(16)24-18/h6-11H,1-5H3/q+1. The quantitative estimate of drug-likeness (QED) is 0.505. The topological polar surface area (TPSA) is 33.1 Å². The Labute approximate surface area is 142 Å². The maximum Gasteiger partial charge on any atom is 0.443 e. The van der Waals surface area contributed by atoms with E-state index in [4.69, 9.17) is 4.42 Å². The number of pyridine rings is 2. The van der Waals surface area contributed by atoms with E-state index in [2.05, 4.69) is 72.9 Å². The van der Waals surface area contributed by atoms with E-state index in [0.29, 0.717) is 0 Å². The van der Waals surface area contributed by atoms with Crippen LogP contribution in [-0.4, -0.2) is 23.7 Å². The lowest BCUT2D eigenvalue weighted by atomic mass is 9.52. The van der Waals surface area contributed by atoms with Gasteiger partial charge < -0.3 is 9.23 Å². The van der Waals surface area contributed by atoms with Gasteiger partial charge in [-0.3, -0.25) is 0 Å². The lowest BCUT2D eigenvalue weighted by molar-refractivity contribution is -0.654. The van der Waals surface area contributed by atoms with Crippen LogP contribution in [0.2, 0.25) is 0 Å². The van der Waals surface area contributed by atoms with Crippen molar-refractivity contribution in [2.75, 3.05) is 7.05 Å². The fourth-order valence-corrected chi connectivity index (χ4v) is 3.46. The van der Waals surface area contributed by atoms with Crippen molar-refractivity contribution in [1.29, 1.82) is 0 Å². The van der Waals surface area contributed by atoms with Gasteiger partial charge in [0.1, 0.15) is 12.7 Å². The van der Waals surface area contributed by atoms with Crippen molar-refractivity contribution in [3.8, 4) is 0 Å². The zero-order valence-electron chi connectivity index (χ0n) is 14.8. The van der Waals surface area contributed by atoms with Crippen molar-refractivity contribution in [2.45, 2.75) is 20.8 Å². The maximum absolute atomic E-state index is 6.22. The van der Waals surface area contributed by atoms with Crippen LogP contribution in [0.25, 0.3) is 17.2 Å². The summed E-state index contributed by atoms with van der Waals surface area (Å²) in [5.74, 6) is 0. The highest BCUT2D eigenvalue weighted by molar-refractivity contribution is 6.82. The SMILES string of the molecule is Cc1ccc2c3c(oc2n1)B(c1cc(C)c(C)c[n+]1C)N(C)C=C3. The molecule has 0 aromatic carbocycles. The lowest BCUT2D eigenvalue weighted by Gasteiger charge is -2.24. The summed E-state index contributed by atoms with van der Waals surface area (Å²) in [6.07, 6.45) is 6.42. The molecule has 0 atom stereocenters. The van der Waals surface area contributed by atoms with Crippen LogP contribution in [-0.2, 0) is 7.05 Å². The van der Waals surface area contributed by atoms with Crippen LogP contribution in [0.4, 0.5) is 0 Å². The first-order valence-electron chi connectivity index (χ1n) is 8.22. The fourth-order valence-electron chi connectivity index (χ4n) is 3.46. The van der Waals surface area contributed by atoms with Crippen molar-refractivity contribution < 1.29 is 8.98 Å². The highest BCUT2D eigenvalue weighted by Crippen LogP contribution is 2.23. The second kappa shape index (κ2) is 5.23. The minimum absolute atomic E-state index is 0.0452. The third-order valence-electron chi connectivity index (χ3n) is 4.95. The Kier molecular flexibility index (Phi) is 3.27. The Morgan fingerprint density at radius 3 is 2.75 bits per heavy atom. The van der Waals surface area contributed by atoms with Gasteiger partial charge in [-0.25, -0.2) is 9.55 Å². The number of fused-ring (bicyclic) bond motifs is 3. The van der Waals surface area contributed by atoms with Gasteiger partial charge >= 0.3 is 6.85 Å². The highest BCUT2D eigenvalue weighted by atomic mass is 16.3. The summed E-state index contributed by atoms with van der Waals surface area (Å²) in [4.78, 5) is 6.76. The number of rotatable bonds is 1. The third-order valence-corrected chi connectivity index (χ3v) is 4.95. The second-order valence-electron chi connectivity index (χ2n) is 6.74. The first-order valence-corrected chi connectivity index (χ1v) is 8.22. The average molecular weight is 318 g/mol. The van der Waals surface area contributed by atoms with Gasteiger partial charge in [0.2, 0.25) is 5.71 Å². The molecule has 4 rings (SSSR count). The van der Waals surface area contributed by atoms with Crippen molar-refractivity contribution in [3.05, 3.63) is 53.0 Å². The number of nitrogens with zero attached hydrogens (tertiary/aromatic N) is 3. The van der Waals surface area contributed by atoms with E-state index in [1.165, 1.54) is 16.7 Å². The molecule has 0 aliphatic carbocycles. The molecule has 0 radical (unpaired) electrons. The normalized spacial score (nSPS) is 13.7. The molecule has 0 N–H and O–H groups in total. The molecule has 120 valence electrons. The molecule has 1 aliphatic heterocycles. The minimum Gasteiger partial charge on any atom is -0.449 e. The molecule has 5 heteroatoms. The van der Waals surface area contributed by atoms with Gasteiger partial charge in [0.25, 0.3) is 0 Å². The number of hydrogen-bond acceptors (Lipinski definition) is 3. The second-order valence-corrected chi connectivity index (χ2v) is 6.74. The summed E-state index contributed by atoms with van der Waals surface area (Å²) in [6, 6.07) is 6.40. The van der Waals surface area contributed by atoms with Crippen LogP contribution < -0.4 is 15.8 Å². The van der Waals surface area contributed by atoms with E-state index in [0.717, 1.165) is 28.0 Å². The van der Waals surface area contributed by atoms with Crippen LogP contribution in [0.5, 0.6) is 0 Å². The van der Waals surface area contributed by atoms with Gasteiger partial charge in [-0.1, -0.05) is 0 Å². The molecular formula is C19H21BN3O+. The number of furan rings is 1. The zero-order valence-corrected chi connectivity index (χ0v) is 14.8. The van der Waals surface area contributed by atoms with Crippen LogP contribution >= 0.6 is 0 Å². The van der Waals surface area contributed by atoms with Gasteiger partial charge in [-0.2, -0.15) is 0 Å². The highest BCUT2D eigenvalue weighted by Gasteiger charge is 2.40. The van der Waals surface area contributed by atoms with Gasteiger partial charge in [0.15, 0.2) is 11.8 Å². The lowest BCUT2D eigenvalue weighted by Crippen LogP contribution is -2.65. The predicted octanol–water partition coefficient (Wildman–Crippen LogP) is 1.60. The number of aryl methyl sites for hydroxylation is 4. The van der Waals surface area contributed by atoms with Gasteiger partial charge in [0, 0.05) is 28.3 Å². The van der Waals surface area contributed by atoms with E-state index in [1.807, 2.05) is 13.0 Å². The van der Waals surface area contributed by atoms with Crippen molar-refractivity contribution in [1.82, 2.24) is 9.79 Å². The van der Waals surface area contributed by atoms with E-state index in [-0.39, 0.29) is 6.85 Å². The van der Waals surface area contributed by atoms with Crippen LogP contribution in [0.1, 0.15) is 22.4 Å².